The normalized spacial score (nSPS) is 23.1. The predicted octanol–water partition coefficient (Wildman–Crippen LogP) is 2.51. The summed E-state index contributed by atoms with van der Waals surface area (Å²) in [5.41, 5.74) is 2.01. The first kappa shape index (κ1) is 14.1. The first-order valence-electron chi connectivity index (χ1n) is 7.32. The quantitative estimate of drug-likeness (QED) is 0.873. The minimum Gasteiger partial charge on any atom is -0.350 e. The van der Waals surface area contributed by atoms with Crippen LogP contribution in [0.1, 0.15) is 49.0 Å². The van der Waals surface area contributed by atoms with Crippen LogP contribution >= 0.6 is 0 Å². The van der Waals surface area contributed by atoms with E-state index in [1.165, 1.54) is 18.4 Å². The topological polar surface area (TPSA) is 41.1 Å². The first-order chi connectivity index (χ1) is 9.19. The van der Waals surface area contributed by atoms with Gasteiger partial charge in [-0.05, 0) is 43.9 Å². The highest BCUT2D eigenvalue weighted by Crippen LogP contribution is 2.12. The van der Waals surface area contributed by atoms with Crippen LogP contribution in [0.4, 0.5) is 0 Å². The Bertz CT molecular complexity index is 413. The molecule has 1 aliphatic rings. The Hall–Kier alpha value is -1.35. The Morgan fingerprint density at radius 3 is 2.68 bits per heavy atom. The summed E-state index contributed by atoms with van der Waals surface area (Å²) >= 11 is 0. The van der Waals surface area contributed by atoms with Gasteiger partial charge in [0.25, 0.3) is 5.91 Å². The van der Waals surface area contributed by atoms with Crippen molar-refractivity contribution in [1.29, 1.82) is 0 Å². The smallest absolute Gasteiger partial charge is 0.251 e. The van der Waals surface area contributed by atoms with E-state index in [1.807, 2.05) is 24.3 Å². The molecule has 0 saturated carbocycles. The molecular weight excluding hydrogens is 236 g/mol. The lowest BCUT2D eigenvalue weighted by atomic mass is 9.99. The Balaban J connectivity index is 1.83. The molecule has 1 aromatic carbocycles. The van der Waals surface area contributed by atoms with Crippen molar-refractivity contribution >= 4 is 5.91 Å². The van der Waals surface area contributed by atoms with Crippen molar-refractivity contribution in [2.24, 2.45) is 0 Å². The van der Waals surface area contributed by atoms with Crippen molar-refractivity contribution in [1.82, 2.24) is 10.6 Å². The van der Waals surface area contributed by atoms with Gasteiger partial charge in [0.2, 0.25) is 0 Å². The first-order valence-corrected chi connectivity index (χ1v) is 7.32. The number of aryl methyl sites for hydroxylation is 1. The number of hydrogen-bond donors (Lipinski definition) is 2. The van der Waals surface area contributed by atoms with Gasteiger partial charge in [-0.25, -0.2) is 0 Å². The van der Waals surface area contributed by atoms with Crippen molar-refractivity contribution in [2.45, 2.75) is 51.6 Å². The van der Waals surface area contributed by atoms with Gasteiger partial charge in [-0.15, -0.1) is 0 Å². The molecule has 2 unspecified atom stereocenters. The molecule has 1 fully saturated rings. The molecule has 3 nitrogen and oxygen atoms in total. The van der Waals surface area contributed by atoms with Crippen LogP contribution in [0.25, 0.3) is 0 Å². The van der Waals surface area contributed by atoms with E-state index in [1.54, 1.807) is 0 Å². The average Bonchev–Trinajstić information content (AvgIpc) is 2.45. The molecule has 0 bridgehead atoms. The zero-order valence-corrected chi connectivity index (χ0v) is 11.9. The molecule has 3 heteroatoms. The molecule has 0 aromatic heterocycles. The number of amides is 1. The van der Waals surface area contributed by atoms with E-state index < -0.39 is 0 Å². The van der Waals surface area contributed by atoms with Crippen molar-refractivity contribution in [3.05, 3.63) is 35.4 Å². The summed E-state index contributed by atoms with van der Waals surface area (Å²) < 4.78 is 0. The van der Waals surface area contributed by atoms with E-state index in [0.29, 0.717) is 12.1 Å². The lowest BCUT2D eigenvalue weighted by Gasteiger charge is -2.28. The number of hydrogen-bond acceptors (Lipinski definition) is 2. The number of carbonyl (C=O) groups is 1. The summed E-state index contributed by atoms with van der Waals surface area (Å²) in [6, 6.07) is 8.85. The second-order valence-corrected chi connectivity index (χ2v) is 5.46. The van der Waals surface area contributed by atoms with Crippen LogP contribution in [-0.2, 0) is 6.42 Å². The molecule has 0 spiro atoms. The van der Waals surface area contributed by atoms with Gasteiger partial charge < -0.3 is 10.6 Å². The Labute approximate surface area is 115 Å². The lowest BCUT2D eigenvalue weighted by molar-refractivity contribution is 0.0946. The fourth-order valence-corrected chi connectivity index (χ4v) is 2.61. The number of nitrogens with one attached hydrogen (secondary N) is 2. The van der Waals surface area contributed by atoms with Gasteiger partial charge in [0, 0.05) is 24.2 Å². The number of carbonyl (C=O) groups excluding carboxylic acids is 1. The van der Waals surface area contributed by atoms with Crippen LogP contribution in [0.5, 0.6) is 0 Å². The summed E-state index contributed by atoms with van der Waals surface area (Å²) in [5.74, 6) is 0.0303. The Morgan fingerprint density at radius 1 is 1.32 bits per heavy atom. The third-order valence-electron chi connectivity index (χ3n) is 3.84. The van der Waals surface area contributed by atoms with E-state index in [0.717, 1.165) is 24.9 Å². The molecule has 1 aliphatic heterocycles. The van der Waals surface area contributed by atoms with Gasteiger partial charge in [-0.2, -0.15) is 0 Å². The monoisotopic (exact) mass is 260 g/mol. The number of rotatable bonds is 4. The third kappa shape index (κ3) is 4.06. The van der Waals surface area contributed by atoms with Gasteiger partial charge in [0.15, 0.2) is 0 Å². The molecule has 2 N–H and O–H groups in total. The molecule has 0 aliphatic carbocycles. The van der Waals surface area contributed by atoms with E-state index >= 15 is 0 Å². The fraction of sp³-hybridized carbons (Fsp3) is 0.562. The molecule has 2 rings (SSSR count). The van der Waals surface area contributed by atoms with Gasteiger partial charge in [-0.1, -0.05) is 25.5 Å². The van der Waals surface area contributed by atoms with Crippen LogP contribution in [0, 0.1) is 0 Å². The molecule has 19 heavy (non-hydrogen) atoms. The molecule has 1 aromatic rings. The highest BCUT2D eigenvalue weighted by atomic mass is 16.1. The highest BCUT2D eigenvalue weighted by Gasteiger charge is 2.18. The van der Waals surface area contributed by atoms with Crippen molar-refractivity contribution in [2.75, 3.05) is 6.54 Å². The molecule has 0 radical (unpaired) electrons. The zero-order valence-electron chi connectivity index (χ0n) is 11.9. The summed E-state index contributed by atoms with van der Waals surface area (Å²) in [6.07, 6.45) is 4.65. The highest BCUT2D eigenvalue weighted by molar-refractivity contribution is 5.94. The second kappa shape index (κ2) is 6.71. The maximum Gasteiger partial charge on any atom is 0.251 e. The number of benzene rings is 1. The molecular formula is C16H24N2O. The summed E-state index contributed by atoms with van der Waals surface area (Å²) in [5, 5.41) is 6.55. The minimum atomic E-state index is 0.0303. The van der Waals surface area contributed by atoms with Crippen molar-refractivity contribution < 1.29 is 4.79 Å². The van der Waals surface area contributed by atoms with Gasteiger partial charge in [-0.3, -0.25) is 4.79 Å². The number of piperidine rings is 1. The maximum atomic E-state index is 12.0. The van der Waals surface area contributed by atoms with E-state index in [4.69, 9.17) is 0 Å². The lowest BCUT2D eigenvalue weighted by Crippen LogP contribution is -2.47. The van der Waals surface area contributed by atoms with Gasteiger partial charge in [0.1, 0.15) is 0 Å². The van der Waals surface area contributed by atoms with E-state index in [-0.39, 0.29) is 5.91 Å². The molecule has 1 amide bonds. The average molecular weight is 260 g/mol. The largest absolute Gasteiger partial charge is 0.350 e. The summed E-state index contributed by atoms with van der Waals surface area (Å²) in [6.45, 7) is 5.04. The molecule has 2 atom stereocenters. The molecule has 1 heterocycles. The van der Waals surface area contributed by atoms with Crippen molar-refractivity contribution in [3.8, 4) is 0 Å². The Kier molecular flexibility index (Phi) is 4.97. The van der Waals surface area contributed by atoms with Crippen LogP contribution in [0.3, 0.4) is 0 Å². The second-order valence-electron chi connectivity index (χ2n) is 5.46. The Morgan fingerprint density at radius 2 is 2.05 bits per heavy atom. The molecule has 1 saturated heterocycles. The summed E-state index contributed by atoms with van der Waals surface area (Å²) in [4.78, 5) is 12.0. The van der Waals surface area contributed by atoms with Crippen LogP contribution in [-0.4, -0.2) is 24.5 Å². The zero-order chi connectivity index (χ0) is 13.7. The summed E-state index contributed by atoms with van der Waals surface area (Å²) in [7, 11) is 0. The predicted molar refractivity (Wildman–Crippen MR) is 78.4 cm³/mol. The molecule has 104 valence electrons. The standard InChI is InChI=1S/C16H24N2O/c1-3-13-7-9-14(10-8-13)16(19)17-11-15-6-4-5-12(2)18-15/h7-10,12,15,18H,3-6,11H2,1-2H3,(H,17,19). The van der Waals surface area contributed by atoms with Crippen LogP contribution in [0.2, 0.25) is 0 Å². The van der Waals surface area contributed by atoms with Crippen LogP contribution in [0.15, 0.2) is 24.3 Å². The third-order valence-corrected chi connectivity index (χ3v) is 3.84. The van der Waals surface area contributed by atoms with E-state index in [9.17, 15) is 4.79 Å². The maximum absolute atomic E-state index is 12.0. The fourth-order valence-electron chi connectivity index (χ4n) is 2.61. The minimum absolute atomic E-state index is 0.0303. The van der Waals surface area contributed by atoms with Gasteiger partial charge >= 0.3 is 0 Å². The van der Waals surface area contributed by atoms with Crippen molar-refractivity contribution in [3.63, 3.8) is 0 Å². The van der Waals surface area contributed by atoms with E-state index in [2.05, 4.69) is 24.5 Å². The van der Waals surface area contributed by atoms with Crippen LogP contribution < -0.4 is 10.6 Å². The SMILES string of the molecule is CCc1ccc(C(=O)NCC2CCCC(C)N2)cc1. The van der Waals surface area contributed by atoms with Gasteiger partial charge in [0.05, 0.1) is 0 Å².